The molecule has 0 spiro atoms. The average molecular weight is 256 g/mol. The number of phenolic OH excluding ortho intramolecular Hbond substituents is 2. The van der Waals surface area contributed by atoms with E-state index in [4.69, 9.17) is 11.6 Å². The molecule has 0 aromatic heterocycles. The Morgan fingerprint density at radius 1 is 1.29 bits per heavy atom. The molecule has 2 N–H and O–H groups in total. The summed E-state index contributed by atoms with van der Waals surface area (Å²) in [5.74, 6) is -0.402. The van der Waals surface area contributed by atoms with Gasteiger partial charge in [0.25, 0.3) is 5.91 Å². The number of halogens is 1. The molecular weight excluding hydrogens is 242 g/mol. The standard InChI is InChI=1S/C12H14ClNO3/c13-8-3-5-14(6-4-8)12(17)10-7-9(15)1-2-11(10)16/h1-2,7-8,15-16H,3-6H2. The smallest absolute Gasteiger partial charge is 0.257 e. The molecule has 1 aromatic carbocycles. The molecule has 4 nitrogen and oxygen atoms in total. The predicted molar refractivity (Wildman–Crippen MR) is 64.6 cm³/mol. The van der Waals surface area contributed by atoms with E-state index in [1.165, 1.54) is 18.2 Å². The molecule has 1 saturated heterocycles. The molecule has 1 aliphatic rings. The molecule has 17 heavy (non-hydrogen) atoms. The van der Waals surface area contributed by atoms with E-state index in [9.17, 15) is 15.0 Å². The monoisotopic (exact) mass is 255 g/mol. The lowest BCUT2D eigenvalue weighted by atomic mass is 10.1. The average Bonchev–Trinajstić information content (AvgIpc) is 2.32. The van der Waals surface area contributed by atoms with Crippen molar-refractivity contribution in [3.05, 3.63) is 23.8 Å². The molecule has 1 aromatic rings. The van der Waals surface area contributed by atoms with Crippen molar-refractivity contribution in [2.75, 3.05) is 13.1 Å². The number of amides is 1. The minimum atomic E-state index is -0.262. The number of phenols is 2. The van der Waals surface area contributed by atoms with Crippen molar-refractivity contribution < 1.29 is 15.0 Å². The summed E-state index contributed by atoms with van der Waals surface area (Å²) in [6.07, 6.45) is 1.51. The maximum atomic E-state index is 12.1. The number of nitrogens with zero attached hydrogens (tertiary/aromatic N) is 1. The van der Waals surface area contributed by atoms with Gasteiger partial charge in [0.05, 0.1) is 5.56 Å². The van der Waals surface area contributed by atoms with Gasteiger partial charge in [0, 0.05) is 18.5 Å². The largest absolute Gasteiger partial charge is 0.508 e. The zero-order valence-electron chi connectivity index (χ0n) is 9.27. The fraction of sp³-hybridized carbons (Fsp3) is 0.417. The minimum absolute atomic E-state index is 0.0293. The number of hydrogen-bond acceptors (Lipinski definition) is 3. The van der Waals surface area contributed by atoms with Crippen LogP contribution in [-0.2, 0) is 0 Å². The van der Waals surface area contributed by atoms with Gasteiger partial charge in [-0.15, -0.1) is 11.6 Å². The Morgan fingerprint density at radius 2 is 1.94 bits per heavy atom. The van der Waals surface area contributed by atoms with Crippen LogP contribution in [0, 0.1) is 0 Å². The molecular formula is C12H14ClNO3. The van der Waals surface area contributed by atoms with Crippen molar-refractivity contribution in [1.82, 2.24) is 4.90 Å². The number of alkyl halides is 1. The van der Waals surface area contributed by atoms with Gasteiger partial charge in [-0.25, -0.2) is 0 Å². The second kappa shape index (κ2) is 4.84. The zero-order valence-corrected chi connectivity index (χ0v) is 10.0. The molecule has 0 radical (unpaired) electrons. The molecule has 1 aliphatic heterocycles. The van der Waals surface area contributed by atoms with Gasteiger partial charge in [0.15, 0.2) is 0 Å². The van der Waals surface area contributed by atoms with E-state index in [2.05, 4.69) is 0 Å². The van der Waals surface area contributed by atoms with Crippen LogP contribution < -0.4 is 0 Å². The molecule has 5 heteroatoms. The SMILES string of the molecule is O=C(c1cc(O)ccc1O)N1CCC(Cl)CC1. The van der Waals surface area contributed by atoms with E-state index in [1.54, 1.807) is 4.90 Å². The molecule has 0 unspecified atom stereocenters. The fourth-order valence-corrected chi connectivity index (χ4v) is 2.11. The summed E-state index contributed by atoms with van der Waals surface area (Å²) in [6.45, 7) is 1.17. The fourth-order valence-electron chi connectivity index (χ4n) is 1.92. The van der Waals surface area contributed by atoms with Gasteiger partial charge in [-0.2, -0.15) is 0 Å². The minimum Gasteiger partial charge on any atom is -0.508 e. The summed E-state index contributed by atoms with van der Waals surface area (Å²) < 4.78 is 0. The highest BCUT2D eigenvalue weighted by Gasteiger charge is 2.24. The third kappa shape index (κ3) is 2.64. The van der Waals surface area contributed by atoms with Crippen molar-refractivity contribution in [1.29, 1.82) is 0 Å². The van der Waals surface area contributed by atoms with Crippen LogP contribution in [0.25, 0.3) is 0 Å². The van der Waals surface area contributed by atoms with Crippen molar-refractivity contribution in [3.63, 3.8) is 0 Å². The van der Waals surface area contributed by atoms with Gasteiger partial charge in [-0.1, -0.05) is 0 Å². The van der Waals surface area contributed by atoms with Gasteiger partial charge in [0.2, 0.25) is 0 Å². The van der Waals surface area contributed by atoms with E-state index in [0.717, 1.165) is 12.8 Å². The predicted octanol–water partition coefficient (Wildman–Crippen LogP) is 1.94. The number of aromatic hydroxyl groups is 2. The second-order valence-electron chi connectivity index (χ2n) is 4.17. The maximum Gasteiger partial charge on any atom is 0.257 e. The van der Waals surface area contributed by atoms with Crippen LogP contribution in [0.1, 0.15) is 23.2 Å². The zero-order chi connectivity index (χ0) is 12.4. The van der Waals surface area contributed by atoms with Crippen LogP contribution in [0.15, 0.2) is 18.2 Å². The van der Waals surface area contributed by atoms with Crippen molar-refractivity contribution in [3.8, 4) is 11.5 Å². The van der Waals surface area contributed by atoms with Crippen molar-refractivity contribution in [2.24, 2.45) is 0 Å². The summed E-state index contributed by atoms with van der Waals surface area (Å²) in [6, 6.07) is 3.94. The Kier molecular flexibility index (Phi) is 3.43. The summed E-state index contributed by atoms with van der Waals surface area (Å²) in [7, 11) is 0. The van der Waals surface area contributed by atoms with Gasteiger partial charge >= 0.3 is 0 Å². The summed E-state index contributed by atoms with van der Waals surface area (Å²) in [5, 5.41) is 19.0. The van der Waals surface area contributed by atoms with Crippen LogP contribution >= 0.6 is 11.6 Å². The maximum absolute atomic E-state index is 12.1. The number of carbonyl (C=O) groups is 1. The van der Waals surface area contributed by atoms with Crippen molar-refractivity contribution in [2.45, 2.75) is 18.2 Å². The first-order chi connectivity index (χ1) is 8.08. The lowest BCUT2D eigenvalue weighted by Crippen LogP contribution is -2.38. The highest BCUT2D eigenvalue weighted by molar-refractivity contribution is 6.20. The Labute approximate surface area is 104 Å². The third-order valence-electron chi connectivity index (χ3n) is 2.92. The molecule has 0 bridgehead atoms. The molecule has 92 valence electrons. The van der Waals surface area contributed by atoms with E-state index < -0.39 is 0 Å². The van der Waals surface area contributed by atoms with Gasteiger partial charge < -0.3 is 15.1 Å². The third-order valence-corrected chi connectivity index (χ3v) is 3.36. The Bertz CT molecular complexity index is 428. The highest BCUT2D eigenvalue weighted by Crippen LogP contribution is 2.25. The Hall–Kier alpha value is -1.42. The van der Waals surface area contributed by atoms with Gasteiger partial charge in [0.1, 0.15) is 11.5 Å². The lowest BCUT2D eigenvalue weighted by molar-refractivity contribution is 0.0723. The van der Waals surface area contributed by atoms with Crippen LogP contribution in [0.4, 0.5) is 0 Å². The van der Waals surface area contributed by atoms with E-state index in [0.29, 0.717) is 13.1 Å². The Balaban J connectivity index is 2.16. The first kappa shape index (κ1) is 12.0. The molecule has 2 rings (SSSR count). The number of piperidine rings is 1. The molecule has 0 saturated carbocycles. The van der Waals surface area contributed by atoms with Gasteiger partial charge in [-0.05, 0) is 31.0 Å². The Morgan fingerprint density at radius 3 is 2.59 bits per heavy atom. The van der Waals surface area contributed by atoms with Crippen LogP contribution in [0.5, 0.6) is 11.5 Å². The number of likely N-dealkylation sites (tertiary alicyclic amines) is 1. The summed E-state index contributed by atoms with van der Waals surface area (Å²) in [5.41, 5.74) is 0.137. The first-order valence-electron chi connectivity index (χ1n) is 5.53. The summed E-state index contributed by atoms with van der Waals surface area (Å²) in [4.78, 5) is 13.7. The molecule has 1 amide bonds. The van der Waals surface area contributed by atoms with Crippen LogP contribution in [-0.4, -0.2) is 39.5 Å². The number of hydrogen-bond donors (Lipinski definition) is 2. The van der Waals surface area contributed by atoms with Crippen molar-refractivity contribution >= 4 is 17.5 Å². The van der Waals surface area contributed by atoms with E-state index >= 15 is 0 Å². The molecule has 0 aliphatic carbocycles. The van der Waals surface area contributed by atoms with Crippen LogP contribution in [0.2, 0.25) is 0 Å². The van der Waals surface area contributed by atoms with E-state index in [1.807, 2.05) is 0 Å². The molecule has 0 atom stereocenters. The molecule has 1 fully saturated rings. The van der Waals surface area contributed by atoms with E-state index in [-0.39, 0.29) is 28.3 Å². The second-order valence-corrected chi connectivity index (χ2v) is 4.79. The topological polar surface area (TPSA) is 60.8 Å². The number of rotatable bonds is 1. The summed E-state index contributed by atoms with van der Waals surface area (Å²) >= 11 is 5.96. The lowest BCUT2D eigenvalue weighted by Gasteiger charge is -2.29. The molecule has 1 heterocycles. The normalized spacial score (nSPS) is 17.1. The highest BCUT2D eigenvalue weighted by atomic mass is 35.5. The van der Waals surface area contributed by atoms with Gasteiger partial charge in [-0.3, -0.25) is 4.79 Å². The number of benzene rings is 1. The quantitative estimate of drug-likeness (QED) is 0.596. The first-order valence-corrected chi connectivity index (χ1v) is 5.97. The number of carbonyl (C=O) groups excluding carboxylic acids is 1. The van der Waals surface area contributed by atoms with Crippen LogP contribution in [0.3, 0.4) is 0 Å².